The SMILES string of the molecule is COc1cccc(C(=O)COC(=O)CCCC(=O)Nc2ccc(Oc3cc(C)ccc3C)cc2)c1. The van der Waals surface area contributed by atoms with E-state index in [-0.39, 0.29) is 31.1 Å². The number of methoxy groups -OCH3 is 1. The number of aryl methyl sites for hydroxylation is 2. The number of anilines is 1. The van der Waals surface area contributed by atoms with Crippen molar-refractivity contribution in [3.63, 3.8) is 0 Å². The zero-order chi connectivity index (χ0) is 25.2. The summed E-state index contributed by atoms with van der Waals surface area (Å²) in [6.07, 6.45) is 0.507. The van der Waals surface area contributed by atoms with E-state index in [1.165, 1.54) is 7.11 Å². The van der Waals surface area contributed by atoms with E-state index in [0.717, 1.165) is 16.9 Å². The number of hydrogen-bond acceptors (Lipinski definition) is 6. The third-order valence-corrected chi connectivity index (χ3v) is 5.25. The monoisotopic (exact) mass is 475 g/mol. The van der Waals surface area contributed by atoms with Crippen LogP contribution in [0.2, 0.25) is 0 Å². The predicted molar refractivity (Wildman–Crippen MR) is 133 cm³/mol. The Morgan fingerprint density at radius 2 is 1.63 bits per heavy atom. The number of ether oxygens (including phenoxy) is 3. The fourth-order valence-corrected chi connectivity index (χ4v) is 3.27. The molecule has 3 rings (SSSR count). The van der Waals surface area contributed by atoms with Crippen LogP contribution < -0.4 is 14.8 Å². The van der Waals surface area contributed by atoms with Crippen LogP contribution in [-0.4, -0.2) is 31.4 Å². The molecule has 0 saturated carbocycles. The van der Waals surface area contributed by atoms with Crippen molar-refractivity contribution in [1.29, 1.82) is 0 Å². The minimum absolute atomic E-state index is 0.0431. The van der Waals surface area contributed by atoms with Crippen molar-refractivity contribution in [2.24, 2.45) is 0 Å². The van der Waals surface area contributed by atoms with Crippen molar-refractivity contribution in [3.05, 3.63) is 83.4 Å². The van der Waals surface area contributed by atoms with Crippen LogP contribution in [0.5, 0.6) is 17.2 Å². The van der Waals surface area contributed by atoms with E-state index in [9.17, 15) is 14.4 Å². The van der Waals surface area contributed by atoms with Gasteiger partial charge < -0.3 is 19.5 Å². The van der Waals surface area contributed by atoms with Crippen molar-refractivity contribution in [2.45, 2.75) is 33.1 Å². The summed E-state index contributed by atoms with van der Waals surface area (Å²) in [6.45, 7) is 3.64. The fourth-order valence-electron chi connectivity index (χ4n) is 3.27. The van der Waals surface area contributed by atoms with E-state index in [1.54, 1.807) is 48.5 Å². The first kappa shape index (κ1) is 25.5. The smallest absolute Gasteiger partial charge is 0.306 e. The van der Waals surface area contributed by atoms with E-state index in [4.69, 9.17) is 14.2 Å². The molecule has 0 aliphatic heterocycles. The summed E-state index contributed by atoms with van der Waals surface area (Å²) in [5, 5.41) is 2.80. The van der Waals surface area contributed by atoms with Gasteiger partial charge in [-0.25, -0.2) is 0 Å². The van der Waals surface area contributed by atoms with Gasteiger partial charge in [-0.1, -0.05) is 24.3 Å². The fraction of sp³-hybridized carbons (Fsp3) is 0.250. The Hall–Kier alpha value is -4.13. The molecule has 0 aliphatic rings. The first-order chi connectivity index (χ1) is 16.8. The second kappa shape index (κ2) is 12.4. The second-order valence-electron chi connectivity index (χ2n) is 8.11. The van der Waals surface area contributed by atoms with E-state index in [0.29, 0.717) is 29.2 Å². The summed E-state index contributed by atoms with van der Waals surface area (Å²) in [5.74, 6) is 0.953. The number of Topliss-reactive ketones (excluding diaryl/α,β-unsaturated/α-hetero) is 1. The van der Waals surface area contributed by atoms with Gasteiger partial charge in [0, 0.05) is 24.1 Å². The van der Waals surface area contributed by atoms with Crippen LogP contribution in [0.4, 0.5) is 5.69 Å². The number of nitrogens with one attached hydrogen (secondary N) is 1. The number of rotatable bonds is 11. The van der Waals surface area contributed by atoms with Gasteiger partial charge in [0.15, 0.2) is 12.4 Å². The van der Waals surface area contributed by atoms with Gasteiger partial charge in [0.25, 0.3) is 0 Å². The molecule has 3 aromatic rings. The normalized spacial score (nSPS) is 10.4. The molecule has 0 spiro atoms. The third kappa shape index (κ3) is 7.99. The minimum atomic E-state index is -0.526. The van der Waals surface area contributed by atoms with Crippen molar-refractivity contribution in [1.82, 2.24) is 0 Å². The van der Waals surface area contributed by atoms with Crippen LogP contribution in [0.15, 0.2) is 66.7 Å². The first-order valence-corrected chi connectivity index (χ1v) is 11.3. The molecule has 1 N–H and O–H groups in total. The van der Waals surface area contributed by atoms with Gasteiger partial charge in [0.2, 0.25) is 5.91 Å². The van der Waals surface area contributed by atoms with Crippen LogP contribution in [0, 0.1) is 13.8 Å². The molecule has 0 saturated heterocycles. The lowest BCUT2D eigenvalue weighted by molar-refractivity contribution is -0.142. The van der Waals surface area contributed by atoms with Crippen LogP contribution in [0.3, 0.4) is 0 Å². The molecule has 0 heterocycles. The molecule has 0 radical (unpaired) electrons. The molecule has 7 heteroatoms. The highest BCUT2D eigenvalue weighted by Gasteiger charge is 2.12. The van der Waals surface area contributed by atoms with E-state index < -0.39 is 5.97 Å². The summed E-state index contributed by atoms with van der Waals surface area (Å²) in [7, 11) is 1.51. The number of amides is 1. The number of hydrogen-bond donors (Lipinski definition) is 1. The summed E-state index contributed by atoms with van der Waals surface area (Å²) >= 11 is 0. The number of benzene rings is 3. The van der Waals surface area contributed by atoms with Gasteiger partial charge in [0.1, 0.15) is 17.2 Å². The standard InChI is InChI=1S/C28H29NO6/c1-19-10-11-20(2)26(16-19)35-23-14-12-22(13-15-23)29-27(31)8-5-9-28(32)34-18-25(30)21-6-4-7-24(17-21)33-3/h4,6-7,10-17H,5,8-9,18H2,1-3H3,(H,29,31). The third-order valence-electron chi connectivity index (χ3n) is 5.25. The zero-order valence-electron chi connectivity index (χ0n) is 20.1. The Balaban J connectivity index is 1.37. The molecule has 0 bridgehead atoms. The number of ketones is 1. The lowest BCUT2D eigenvalue weighted by Crippen LogP contribution is -2.15. The molecule has 0 aliphatic carbocycles. The highest BCUT2D eigenvalue weighted by atomic mass is 16.5. The predicted octanol–water partition coefficient (Wildman–Crippen LogP) is 5.64. The van der Waals surface area contributed by atoms with Gasteiger partial charge >= 0.3 is 5.97 Å². The lowest BCUT2D eigenvalue weighted by Gasteiger charge is -2.11. The Morgan fingerprint density at radius 3 is 2.37 bits per heavy atom. The molecule has 3 aromatic carbocycles. The van der Waals surface area contributed by atoms with E-state index in [2.05, 4.69) is 5.32 Å². The summed E-state index contributed by atoms with van der Waals surface area (Å²) in [6, 6.07) is 19.7. The molecule has 7 nitrogen and oxygen atoms in total. The average molecular weight is 476 g/mol. The second-order valence-corrected chi connectivity index (χ2v) is 8.11. The molecule has 0 unspecified atom stereocenters. The highest BCUT2D eigenvalue weighted by Crippen LogP contribution is 2.27. The van der Waals surface area contributed by atoms with Gasteiger partial charge in [0.05, 0.1) is 7.11 Å². The molecule has 1 amide bonds. The van der Waals surface area contributed by atoms with Crippen LogP contribution in [0.25, 0.3) is 0 Å². The Bertz CT molecular complexity index is 1190. The number of carbonyl (C=O) groups is 3. The minimum Gasteiger partial charge on any atom is -0.497 e. The molecule has 35 heavy (non-hydrogen) atoms. The molecule has 0 aromatic heterocycles. The van der Waals surface area contributed by atoms with E-state index >= 15 is 0 Å². The van der Waals surface area contributed by atoms with Gasteiger partial charge in [-0.15, -0.1) is 0 Å². The molecule has 0 atom stereocenters. The largest absolute Gasteiger partial charge is 0.497 e. The summed E-state index contributed by atoms with van der Waals surface area (Å²) in [5.41, 5.74) is 3.19. The maximum Gasteiger partial charge on any atom is 0.306 e. The maximum absolute atomic E-state index is 12.2. The van der Waals surface area contributed by atoms with Gasteiger partial charge in [-0.2, -0.15) is 0 Å². The summed E-state index contributed by atoms with van der Waals surface area (Å²) in [4.78, 5) is 36.3. The van der Waals surface area contributed by atoms with Crippen LogP contribution in [0.1, 0.15) is 40.7 Å². The average Bonchev–Trinajstić information content (AvgIpc) is 2.86. The highest BCUT2D eigenvalue weighted by molar-refractivity contribution is 5.98. The van der Waals surface area contributed by atoms with Crippen molar-refractivity contribution >= 4 is 23.3 Å². The van der Waals surface area contributed by atoms with Gasteiger partial charge in [-0.3, -0.25) is 14.4 Å². The Labute approximate surface area is 205 Å². The molecular weight excluding hydrogens is 446 g/mol. The van der Waals surface area contributed by atoms with Crippen molar-refractivity contribution in [3.8, 4) is 17.2 Å². The lowest BCUT2D eigenvalue weighted by atomic mass is 10.1. The maximum atomic E-state index is 12.2. The molecule has 182 valence electrons. The number of esters is 1. The van der Waals surface area contributed by atoms with Crippen molar-refractivity contribution in [2.75, 3.05) is 19.0 Å². The summed E-state index contributed by atoms with van der Waals surface area (Å²) < 4.78 is 16.0. The first-order valence-electron chi connectivity index (χ1n) is 11.3. The number of carbonyl (C=O) groups excluding carboxylic acids is 3. The Kier molecular flexibility index (Phi) is 9.01. The van der Waals surface area contributed by atoms with Crippen LogP contribution in [-0.2, 0) is 14.3 Å². The van der Waals surface area contributed by atoms with Gasteiger partial charge in [-0.05, 0) is 73.9 Å². The van der Waals surface area contributed by atoms with Crippen molar-refractivity contribution < 1.29 is 28.6 Å². The quantitative estimate of drug-likeness (QED) is 0.285. The molecular formula is C28H29NO6. The molecule has 0 fully saturated rings. The van der Waals surface area contributed by atoms with E-state index in [1.807, 2.05) is 32.0 Å². The zero-order valence-corrected chi connectivity index (χ0v) is 20.1. The van der Waals surface area contributed by atoms with Crippen LogP contribution >= 0.6 is 0 Å². The topological polar surface area (TPSA) is 90.9 Å². The Morgan fingerprint density at radius 1 is 0.857 bits per heavy atom.